The highest BCUT2D eigenvalue weighted by Gasteiger charge is 2.23. The van der Waals surface area contributed by atoms with Crippen molar-refractivity contribution in [3.05, 3.63) is 33.8 Å². The summed E-state index contributed by atoms with van der Waals surface area (Å²) in [5.74, 6) is 0.105. The van der Waals surface area contributed by atoms with Gasteiger partial charge in [0.25, 0.3) is 0 Å². The molecule has 0 saturated carbocycles. The molecule has 106 valence electrons. The van der Waals surface area contributed by atoms with Crippen molar-refractivity contribution in [2.45, 2.75) is 19.4 Å². The zero-order valence-electron chi connectivity index (χ0n) is 10.7. The molecule has 1 aliphatic rings. The summed E-state index contributed by atoms with van der Waals surface area (Å²) >= 11 is 12.0. The van der Waals surface area contributed by atoms with Gasteiger partial charge in [-0.15, -0.1) is 12.4 Å². The highest BCUT2D eigenvalue weighted by molar-refractivity contribution is 6.33. The van der Waals surface area contributed by atoms with Gasteiger partial charge in [-0.2, -0.15) is 0 Å². The lowest BCUT2D eigenvalue weighted by Crippen LogP contribution is -2.52. The zero-order chi connectivity index (χ0) is 13.1. The normalized spacial score (nSPS) is 18.9. The first-order valence-corrected chi connectivity index (χ1v) is 6.77. The van der Waals surface area contributed by atoms with E-state index in [2.05, 4.69) is 5.32 Å². The molecule has 1 heterocycles. The van der Waals surface area contributed by atoms with E-state index < -0.39 is 0 Å². The van der Waals surface area contributed by atoms with Crippen LogP contribution in [0.3, 0.4) is 0 Å². The molecule has 19 heavy (non-hydrogen) atoms. The molecule has 1 aliphatic heterocycles. The fourth-order valence-electron chi connectivity index (χ4n) is 2.15. The Morgan fingerprint density at radius 2 is 2.21 bits per heavy atom. The van der Waals surface area contributed by atoms with Gasteiger partial charge in [-0.25, -0.2) is 0 Å². The third-order valence-electron chi connectivity index (χ3n) is 3.17. The maximum atomic E-state index is 12.2. The minimum absolute atomic E-state index is 0. The summed E-state index contributed by atoms with van der Waals surface area (Å²) in [6.45, 7) is 4.48. The molecule has 3 nitrogen and oxygen atoms in total. The first kappa shape index (κ1) is 16.6. The Kier molecular flexibility index (Phi) is 6.40. The van der Waals surface area contributed by atoms with Gasteiger partial charge in [0.2, 0.25) is 5.91 Å². The minimum atomic E-state index is 0. The maximum absolute atomic E-state index is 12.2. The molecule has 0 aliphatic carbocycles. The van der Waals surface area contributed by atoms with Crippen LogP contribution in [-0.4, -0.2) is 36.5 Å². The number of amides is 1. The van der Waals surface area contributed by atoms with E-state index in [0.717, 1.165) is 25.2 Å². The van der Waals surface area contributed by atoms with Crippen molar-refractivity contribution < 1.29 is 4.79 Å². The molecule has 6 heteroatoms. The van der Waals surface area contributed by atoms with Gasteiger partial charge < -0.3 is 10.2 Å². The average molecular weight is 324 g/mol. The molecule has 1 saturated heterocycles. The zero-order valence-corrected chi connectivity index (χ0v) is 13.0. The largest absolute Gasteiger partial charge is 0.337 e. The predicted molar refractivity (Wildman–Crippen MR) is 81.5 cm³/mol. The number of piperazine rings is 1. The van der Waals surface area contributed by atoms with E-state index in [1.807, 2.05) is 11.8 Å². The number of benzene rings is 1. The maximum Gasteiger partial charge on any atom is 0.227 e. The van der Waals surface area contributed by atoms with Crippen LogP contribution in [0.2, 0.25) is 10.0 Å². The Morgan fingerprint density at radius 3 is 2.89 bits per heavy atom. The number of nitrogens with one attached hydrogen (secondary N) is 1. The molecule has 0 aromatic heterocycles. The molecule has 1 fully saturated rings. The van der Waals surface area contributed by atoms with Crippen LogP contribution >= 0.6 is 35.6 Å². The lowest BCUT2D eigenvalue weighted by atomic mass is 10.1. The average Bonchev–Trinajstić information content (AvgIpc) is 2.34. The molecule has 1 aromatic rings. The first-order chi connectivity index (χ1) is 8.58. The van der Waals surface area contributed by atoms with Crippen molar-refractivity contribution in [3.8, 4) is 0 Å². The van der Waals surface area contributed by atoms with Crippen LogP contribution in [0.4, 0.5) is 0 Å². The smallest absolute Gasteiger partial charge is 0.227 e. The van der Waals surface area contributed by atoms with Crippen molar-refractivity contribution in [3.63, 3.8) is 0 Å². The van der Waals surface area contributed by atoms with Crippen molar-refractivity contribution in [1.29, 1.82) is 0 Å². The van der Waals surface area contributed by atoms with Crippen LogP contribution in [-0.2, 0) is 11.2 Å². The Hall–Kier alpha value is -0.480. The minimum Gasteiger partial charge on any atom is -0.337 e. The molecular formula is C13H17Cl3N2O. The second-order valence-corrected chi connectivity index (χ2v) is 5.40. The Balaban J connectivity index is 0.00000180. The summed E-state index contributed by atoms with van der Waals surface area (Å²) in [6.07, 6.45) is 0.309. The van der Waals surface area contributed by atoms with Crippen LogP contribution < -0.4 is 5.32 Å². The van der Waals surface area contributed by atoms with Gasteiger partial charge in [0.1, 0.15) is 0 Å². The summed E-state index contributed by atoms with van der Waals surface area (Å²) in [6, 6.07) is 5.44. The molecule has 0 spiro atoms. The third-order valence-corrected chi connectivity index (χ3v) is 3.77. The number of carbonyl (C=O) groups is 1. The van der Waals surface area contributed by atoms with Gasteiger partial charge in [0, 0.05) is 35.7 Å². The number of nitrogens with zero attached hydrogens (tertiary/aromatic N) is 1. The van der Waals surface area contributed by atoms with E-state index in [1.54, 1.807) is 18.2 Å². The summed E-state index contributed by atoms with van der Waals surface area (Å²) in [5, 5.41) is 4.46. The van der Waals surface area contributed by atoms with E-state index in [-0.39, 0.29) is 24.4 Å². The second kappa shape index (κ2) is 7.34. The summed E-state index contributed by atoms with van der Waals surface area (Å²) < 4.78 is 0. The standard InChI is InChI=1S/C13H16Cl2N2O.ClH/c1-9-8-16-4-5-17(9)13(18)7-10-6-11(14)2-3-12(10)15;/h2-3,6,9,16H,4-5,7-8H2,1H3;1H/t9-;/m0./s1. The van der Waals surface area contributed by atoms with Crippen molar-refractivity contribution >= 4 is 41.5 Å². The fraction of sp³-hybridized carbons (Fsp3) is 0.462. The quantitative estimate of drug-likeness (QED) is 0.907. The monoisotopic (exact) mass is 322 g/mol. The lowest BCUT2D eigenvalue weighted by molar-refractivity contribution is -0.133. The third kappa shape index (κ3) is 4.25. The molecule has 0 unspecified atom stereocenters. The van der Waals surface area contributed by atoms with Crippen molar-refractivity contribution in [2.24, 2.45) is 0 Å². The first-order valence-electron chi connectivity index (χ1n) is 6.02. The molecule has 1 amide bonds. The van der Waals surface area contributed by atoms with E-state index in [0.29, 0.717) is 16.5 Å². The molecule has 1 aromatic carbocycles. The number of hydrogen-bond acceptors (Lipinski definition) is 2. The molecular weight excluding hydrogens is 307 g/mol. The second-order valence-electron chi connectivity index (χ2n) is 4.55. The van der Waals surface area contributed by atoms with Crippen LogP contribution in [0.15, 0.2) is 18.2 Å². The summed E-state index contributed by atoms with van der Waals surface area (Å²) in [5.41, 5.74) is 0.792. The highest BCUT2D eigenvalue weighted by Crippen LogP contribution is 2.22. The van der Waals surface area contributed by atoms with Gasteiger partial charge >= 0.3 is 0 Å². The van der Waals surface area contributed by atoms with Crippen LogP contribution in [0.1, 0.15) is 12.5 Å². The number of halogens is 3. The topological polar surface area (TPSA) is 32.3 Å². The van der Waals surface area contributed by atoms with Gasteiger partial charge in [-0.1, -0.05) is 23.2 Å². The Morgan fingerprint density at radius 1 is 1.47 bits per heavy atom. The lowest BCUT2D eigenvalue weighted by Gasteiger charge is -2.34. The Labute approximate surface area is 129 Å². The molecule has 2 rings (SSSR count). The predicted octanol–water partition coefficient (Wildman–Crippen LogP) is 2.78. The van der Waals surface area contributed by atoms with Gasteiger partial charge in [-0.05, 0) is 30.7 Å². The molecule has 1 atom stereocenters. The SMILES string of the molecule is C[C@H]1CNCCN1C(=O)Cc1cc(Cl)ccc1Cl.Cl. The van der Waals surface area contributed by atoms with Crippen LogP contribution in [0, 0.1) is 0 Å². The van der Waals surface area contributed by atoms with Crippen LogP contribution in [0.5, 0.6) is 0 Å². The van der Waals surface area contributed by atoms with E-state index in [1.165, 1.54) is 0 Å². The highest BCUT2D eigenvalue weighted by atomic mass is 35.5. The molecule has 0 radical (unpaired) electrons. The fourth-order valence-corrected chi connectivity index (χ4v) is 2.53. The van der Waals surface area contributed by atoms with Crippen molar-refractivity contribution in [2.75, 3.05) is 19.6 Å². The summed E-state index contributed by atoms with van der Waals surface area (Å²) in [4.78, 5) is 14.1. The number of rotatable bonds is 2. The Bertz CT molecular complexity index is 454. The van der Waals surface area contributed by atoms with Gasteiger partial charge in [0.15, 0.2) is 0 Å². The van der Waals surface area contributed by atoms with Crippen molar-refractivity contribution in [1.82, 2.24) is 10.2 Å². The number of carbonyl (C=O) groups excluding carboxylic acids is 1. The molecule has 1 N–H and O–H groups in total. The number of hydrogen-bond donors (Lipinski definition) is 1. The van der Waals surface area contributed by atoms with Crippen LogP contribution in [0.25, 0.3) is 0 Å². The van der Waals surface area contributed by atoms with E-state index in [9.17, 15) is 4.79 Å². The summed E-state index contributed by atoms with van der Waals surface area (Å²) in [7, 11) is 0. The van der Waals surface area contributed by atoms with E-state index in [4.69, 9.17) is 23.2 Å². The van der Waals surface area contributed by atoms with Gasteiger partial charge in [0.05, 0.1) is 6.42 Å². The van der Waals surface area contributed by atoms with Gasteiger partial charge in [-0.3, -0.25) is 4.79 Å². The van der Waals surface area contributed by atoms with E-state index >= 15 is 0 Å². The molecule has 0 bridgehead atoms.